The number of nitrogens with one attached hydrogen (secondary N) is 1. The highest BCUT2D eigenvalue weighted by Crippen LogP contribution is 2.26. The van der Waals surface area contributed by atoms with Gasteiger partial charge in [-0.25, -0.2) is 0 Å². The standard InChI is InChI=1S/C18H21NO/c1-4-18(2,15-8-6-5-7-9-15)14-19-16-10-12-17(20-3)13-11-16/h4-13,19H,1,14H2,2-3H3. The molecular weight excluding hydrogens is 246 g/mol. The van der Waals surface area contributed by atoms with Crippen LogP contribution in [0.4, 0.5) is 5.69 Å². The summed E-state index contributed by atoms with van der Waals surface area (Å²) in [5, 5.41) is 3.46. The van der Waals surface area contributed by atoms with Crippen molar-refractivity contribution in [3.05, 3.63) is 72.8 Å². The molecule has 2 rings (SSSR count). The van der Waals surface area contributed by atoms with Gasteiger partial charge in [0.15, 0.2) is 0 Å². The van der Waals surface area contributed by atoms with Crippen LogP contribution in [0.5, 0.6) is 5.75 Å². The Hall–Kier alpha value is -2.22. The Morgan fingerprint density at radius 1 is 1.10 bits per heavy atom. The molecule has 0 saturated carbocycles. The monoisotopic (exact) mass is 267 g/mol. The third-order valence-corrected chi connectivity index (χ3v) is 3.63. The number of benzene rings is 2. The van der Waals surface area contributed by atoms with Crippen LogP contribution in [0, 0.1) is 0 Å². The van der Waals surface area contributed by atoms with Crippen molar-refractivity contribution < 1.29 is 4.74 Å². The van der Waals surface area contributed by atoms with Crippen LogP contribution in [-0.2, 0) is 5.41 Å². The fourth-order valence-corrected chi connectivity index (χ4v) is 2.11. The smallest absolute Gasteiger partial charge is 0.119 e. The van der Waals surface area contributed by atoms with Gasteiger partial charge in [-0.2, -0.15) is 0 Å². The van der Waals surface area contributed by atoms with E-state index in [1.165, 1.54) is 5.56 Å². The van der Waals surface area contributed by atoms with Gasteiger partial charge in [0.05, 0.1) is 7.11 Å². The quantitative estimate of drug-likeness (QED) is 0.790. The van der Waals surface area contributed by atoms with Gasteiger partial charge in [0, 0.05) is 17.6 Å². The molecule has 20 heavy (non-hydrogen) atoms. The zero-order valence-electron chi connectivity index (χ0n) is 12.1. The van der Waals surface area contributed by atoms with Gasteiger partial charge in [0.2, 0.25) is 0 Å². The van der Waals surface area contributed by atoms with Crippen LogP contribution in [0.25, 0.3) is 0 Å². The van der Waals surface area contributed by atoms with E-state index in [1.807, 2.05) is 36.4 Å². The van der Waals surface area contributed by atoms with Crippen molar-refractivity contribution in [3.8, 4) is 5.75 Å². The third kappa shape index (κ3) is 3.21. The number of ether oxygens (including phenoxy) is 1. The summed E-state index contributed by atoms with van der Waals surface area (Å²) in [5.41, 5.74) is 2.24. The van der Waals surface area contributed by atoms with Crippen molar-refractivity contribution in [2.75, 3.05) is 19.0 Å². The minimum absolute atomic E-state index is 0.0960. The molecule has 1 N–H and O–H groups in total. The lowest BCUT2D eigenvalue weighted by atomic mass is 9.82. The van der Waals surface area contributed by atoms with Crippen molar-refractivity contribution in [1.29, 1.82) is 0 Å². The summed E-state index contributed by atoms with van der Waals surface area (Å²) < 4.78 is 5.16. The number of anilines is 1. The maximum absolute atomic E-state index is 5.16. The molecule has 2 aromatic carbocycles. The molecule has 0 bridgehead atoms. The topological polar surface area (TPSA) is 21.3 Å². The highest BCUT2D eigenvalue weighted by Gasteiger charge is 2.22. The Bertz CT molecular complexity index is 547. The van der Waals surface area contributed by atoms with Gasteiger partial charge < -0.3 is 10.1 Å². The molecule has 0 aliphatic carbocycles. The maximum atomic E-state index is 5.16. The summed E-state index contributed by atoms with van der Waals surface area (Å²) in [6.45, 7) is 6.97. The molecule has 0 aliphatic heterocycles. The Kier molecular flexibility index (Phi) is 4.46. The lowest BCUT2D eigenvalue weighted by molar-refractivity contribution is 0.415. The molecule has 0 aliphatic rings. The SMILES string of the molecule is C=CC(C)(CNc1ccc(OC)cc1)c1ccccc1. The lowest BCUT2D eigenvalue weighted by Gasteiger charge is -2.27. The first-order valence-corrected chi connectivity index (χ1v) is 6.75. The van der Waals surface area contributed by atoms with E-state index in [0.29, 0.717) is 0 Å². The van der Waals surface area contributed by atoms with Crippen LogP contribution in [0.2, 0.25) is 0 Å². The summed E-state index contributed by atoms with van der Waals surface area (Å²) in [6.07, 6.45) is 2.00. The van der Waals surface area contributed by atoms with E-state index in [0.717, 1.165) is 18.0 Å². The molecule has 2 aromatic rings. The van der Waals surface area contributed by atoms with Gasteiger partial charge in [0.1, 0.15) is 5.75 Å². The summed E-state index contributed by atoms with van der Waals surface area (Å²) in [4.78, 5) is 0. The van der Waals surface area contributed by atoms with Crippen LogP contribution in [0.1, 0.15) is 12.5 Å². The molecular formula is C18H21NO. The van der Waals surface area contributed by atoms with Gasteiger partial charge in [0.25, 0.3) is 0 Å². The van der Waals surface area contributed by atoms with Crippen LogP contribution in [0.15, 0.2) is 67.3 Å². The molecule has 1 unspecified atom stereocenters. The summed E-state index contributed by atoms with van der Waals surface area (Å²) in [5.74, 6) is 0.866. The van der Waals surface area contributed by atoms with E-state index in [2.05, 4.69) is 43.1 Å². The average Bonchev–Trinajstić information content (AvgIpc) is 2.54. The van der Waals surface area contributed by atoms with Crippen LogP contribution >= 0.6 is 0 Å². The Morgan fingerprint density at radius 3 is 2.30 bits per heavy atom. The highest BCUT2D eigenvalue weighted by atomic mass is 16.5. The zero-order chi connectivity index (χ0) is 14.4. The summed E-state index contributed by atoms with van der Waals surface area (Å²) >= 11 is 0. The molecule has 0 radical (unpaired) electrons. The van der Waals surface area contributed by atoms with E-state index >= 15 is 0 Å². The number of methoxy groups -OCH3 is 1. The molecule has 0 saturated heterocycles. The minimum atomic E-state index is -0.0960. The predicted molar refractivity (Wildman–Crippen MR) is 85.5 cm³/mol. The second-order valence-corrected chi connectivity index (χ2v) is 5.07. The van der Waals surface area contributed by atoms with Crippen LogP contribution < -0.4 is 10.1 Å². The Balaban J connectivity index is 2.08. The molecule has 0 amide bonds. The first-order chi connectivity index (χ1) is 9.68. The second kappa shape index (κ2) is 6.29. The molecule has 0 spiro atoms. The first-order valence-electron chi connectivity index (χ1n) is 6.75. The lowest BCUT2D eigenvalue weighted by Crippen LogP contribution is -2.28. The van der Waals surface area contributed by atoms with E-state index < -0.39 is 0 Å². The normalized spacial score (nSPS) is 13.3. The van der Waals surface area contributed by atoms with Crippen molar-refractivity contribution >= 4 is 5.69 Å². The van der Waals surface area contributed by atoms with E-state index in [1.54, 1.807) is 7.11 Å². The van der Waals surface area contributed by atoms with Gasteiger partial charge in [-0.1, -0.05) is 43.3 Å². The van der Waals surface area contributed by atoms with Crippen LogP contribution in [0.3, 0.4) is 0 Å². The highest BCUT2D eigenvalue weighted by molar-refractivity contribution is 5.47. The Labute approximate surface area is 121 Å². The fraction of sp³-hybridized carbons (Fsp3) is 0.222. The molecule has 0 heterocycles. The molecule has 1 atom stereocenters. The summed E-state index contributed by atoms with van der Waals surface area (Å²) in [6, 6.07) is 18.4. The minimum Gasteiger partial charge on any atom is -0.497 e. The van der Waals surface area contributed by atoms with Gasteiger partial charge in [-0.05, 0) is 29.8 Å². The van der Waals surface area contributed by atoms with Crippen molar-refractivity contribution in [3.63, 3.8) is 0 Å². The van der Waals surface area contributed by atoms with E-state index in [4.69, 9.17) is 4.74 Å². The Morgan fingerprint density at radius 2 is 1.75 bits per heavy atom. The average molecular weight is 267 g/mol. The van der Waals surface area contributed by atoms with Gasteiger partial charge in [-0.15, -0.1) is 6.58 Å². The third-order valence-electron chi connectivity index (χ3n) is 3.63. The largest absolute Gasteiger partial charge is 0.497 e. The zero-order valence-corrected chi connectivity index (χ0v) is 12.1. The van der Waals surface area contributed by atoms with Crippen molar-refractivity contribution in [1.82, 2.24) is 0 Å². The second-order valence-electron chi connectivity index (χ2n) is 5.07. The van der Waals surface area contributed by atoms with E-state index in [9.17, 15) is 0 Å². The first kappa shape index (κ1) is 14.2. The van der Waals surface area contributed by atoms with Crippen molar-refractivity contribution in [2.24, 2.45) is 0 Å². The predicted octanol–water partition coefficient (Wildman–Crippen LogP) is 4.25. The number of hydrogen-bond acceptors (Lipinski definition) is 2. The fourth-order valence-electron chi connectivity index (χ4n) is 2.11. The number of hydrogen-bond donors (Lipinski definition) is 1. The van der Waals surface area contributed by atoms with Gasteiger partial charge in [-0.3, -0.25) is 0 Å². The summed E-state index contributed by atoms with van der Waals surface area (Å²) in [7, 11) is 1.67. The maximum Gasteiger partial charge on any atom is 0.119 e. The molecule has 0 fully saturated rings. The molecule has 2 heteroatoms. The van der Waals surface area contributed by atoms with Gasteiger partial charge >= 0.3 is 0 Å². The number of rotatable bonds is 6. The van der Waals surface area contributed by atoms with E-state index in [-0.39, 0.29) is 5.41 Å². The van der Waals surface area contributed by atoms with Crippen LogP contribution in [-0.4, -0.2) is 13.7 Å². The molecule has 0 aromatic heterocycles. The molecule has 2 nitrogen and oxygen atoms in total. The molecule has 104 valence electrons. The van der Waals surface area contributed by atoms with Crippen molar-refractivity contribution in [2.45, 2.75) is 12.3 Å².